The summed E-state index contributed by atoms with van der Waals surface area (Å²) in [5.41, 5.74) is 3.02. The van der Waals surface area contributed by atoms with Gasteiger partial charge in [-0.15, -0.1) is 0 Å². The molecule has 6 nitrogen and oxygen atoms in total. The fourth-order valence-electron chi connectivity index (χ4n) is 4.44. The number of anilines is 1. The van der Waals surface area contributed by atoms with E-state index >= 15 is 0 Å². The molecular weight excluding hydrogens is 574 g/mol. The van der Waals surface area contributed by atoms with Gasteiger partial charge < -0.3 is 14.8 Å². The summed E-state index contributed by atoms with van der Waals surface area (Å²) in [5.74, 6) is 1.34. The number of carbonyl (C=O) groups excluding carboxylic acids is 1. The van der Waals surface area contributed by atoms with Crippen LogP contribution < -0.4 is 14.8 Å². The third-order valence-corrected chi connectivity index (χ3v) is 7.25. The van der Waals surface area contributed by atoms with Gasteiger partial charge in [-0.25, -0.2) is 9.78 Å². The lowest BCUT2D eigenvalue weighted by Crippen LogP contribution is -2.23. The molecular formula is C27H25Br2N3O3. The van der Waals surface area contributed by atoms with E-state index in [1.54, 1.807) is 37.4 Å². The first-order chi connectivity index (χ1) is 17.0. The summed E-state index contributed by atoms with van der Waals surface area (Å²) in [4.78, 5) is 17.6. The predicted molar refractivity (Wildman–Crippen MR) is 144 cm³/mol. The number of aromatic nitrogens is 2. The lowest BCUT2D eigenvalue weighted by Gasteiger charge is -2.24. The number of hydrogen-bond donors (Lipinski definition) is 1. The molecule has 1 aliphatic carbocycles. The number of esters is 1. The number of nitrogens with one attached hydrogen (secondary N) is 1. The molecule has 1 N–H and O–H groups in total. The smallest absolute Gasteiger partial charge is 0.343 e. The number of carbonyl (C=O) groups is 1. The molecule has 35 heavy (non-hydrogen) atoms. The van der Waals surface area contributed by atoms with Crippen LogP contribution >= 0.6 is 31.9 Å². The number of methoxy groups -OCH3 is 1. The van der Waals surface area contributed by atoms with Gasteiger partial charge in [0.1, 0.15) is 17.2 Å². The Morgan fingerprint density at radius 3 is 2.46 bits per heavy atom. The molecule has 2 aromatic heterocycles. The van der Waals surface area contributed by atoms with Crippen molar-refractivity contribution in [3.63, 3.8) is 0 Å². The summed E-state index contributed by atoms with van der Waals surface area (Å²) in [6, 6.07) is 17.0. The third-order valence-electron chi connectivity index (χ3n) is 6.25. The van der Waals surface area contributed by atoms with E-state index in [1.807, 2.05) is 30.5 Å². The average molecular weight is 599 g/mol. The van der Waals surface area contributed by atoms with E-state index < -0.39 is 5.97 Å². The Hall–Kier alpha value is -2.84. The molecule has 2 aromatic carbocycles. The minimum atomic E-state index is -0.444. The van der Waals surface area contributed by atoms with E-state index in [0.717, 1.165) is 44.5 Å². The molecule has 4 aromatic rings. The van der Waals surface area contributed by atoms with E-state index in [9.17, 15) is 4.79 Å². The summed E-state index contributed by atoms with van der Waals surface area (Å²) >= 11 is 6.97. The topological polar surface area (TPSA) is 64.9 Å². The van der Waals surface area contributed by atoms with Crippen molar-refractivity contribution in [2.75, 3.05) is 12.4 Å². The maximum absolute atomic E-state index is 12.7. The predicted octanol–water partition coefficient (Wildman–Crippen LogP) is 7.50. The first-order valence-electron chi connectivity index (χ1n) is 11.6. The summed E-state index contributed by atoms with van der Waals surface area (Å²) in [6.07, 6.45) is 8.09. The van der Waals surface area contributed by atoms with Crippen molar-refractivity contribution in [1.82, 2.24) is 9.38 Å². The third kappa shape index (κ3) is 5.23. The molecule has 0 amide bonds. The highest BCUT2D eigenvalue weighted by molar-refractivity contribution is 9.10. The first kappa shape index (κ1) is 23.9. The molecule has 0 atom stereocenters. The molecule has 0 bridgehead atoms. The molecule has 8 heteroatoms. The summed E-state index contributed by atoms with van der Waals surface area (Å²) in [7, 11) is 1.57. The van der Waals surface area contributed by atoms with Gasteiger partial charge in [-0.05, 0) is 83.4 Å². The second-order valence-electron chi connectivity index (χ2n) is 8.63. The first-order valence-corrected chi connectivity index (χ1v) is 13.2. The Kier molecular flexibility index (Phi) is 7.11. The molecule has 0 spiro atoms. The SMILES string of the molecule is COc1cc(-c2nc3ccc(Br)cn3c2NC2CCCCC2)ccc1OC(=O)c1ccc(Br)cc1. The standard InChI is InChI=1S/C27H25Br2N3O3/c1-34-23-15-18(9-13-22(23)35-27(33)17-7-10-19(28)11-8-17)25-26(30-21-5-3-2-4-6-21)32-16-20(29)12-14-24(32)31-25/h7-16,21,30H,2-6H2,1H3. The monoisotopic (exact) mass is 597 g/mol. The highest BCUT2D eigenvalue weighted by atomic mass is 79.9. The van der Waals surface area contributed by atoms with Crippen LogP contribution in [0.4, 0.5) is 5.82 Å². The second kappa shape index (κ2) is 10.4. The quantitative estimate of drug-likeness (QED) is 0.184. The van der Waals surface area contributed by atoms with Gasteiger partial charge in [0.2, 0.25) is 0 Å². The minimum Gasteiger partial charge on any atom is -0.493 e. The van der Waals surface area contributed by atoms with Crippen LogP contribution in [-0.2, 0) is 0 Å². The van der Waals surface area contributed by atoms with Gasteiger partial charge in [-0.3, -0.25) is 4.40 Å². The van der Waals surface area contributed by atoms with Crippen LogP contribution in [0.5, 0.6) is 11.5 Å². The fraction of sp³-hybridized carbons (Fsp3) is 0.259. The molecule has 1 saturated carbocycles. The van der Waals surface area contributed by atoms with Gasteiger partial charge in [0.05, 0.1) is 12.7 Å². The van der Waals surface area contributed by atoms with Crippen molar-refractivity contribution in [1.29, 1.82) is 0 Å². The number of hydrogen-bond acceptors (Lipinski definition) is 5. The number of nitrogens with zero attached hydrogens (tertiary/aromatic N) is 2. The molecule has 0 radical (unpaired) electrons. The number of halogens is 2. The lowest BCUT2D eigenvalue weighted by molar-refractivity contribution is 0.0729. The van der Waals surface area contributed by atoms with Crippen molar-refractivity contribution in [3.8, 4) is 22.8 Å². The lowest BCUT2D eigenvalue weighted by atomic mass is 9.95. The van der Waals surface area contributed by atoms with E-state index in [2.05, 4.69) is 41.6 Å². The van der Waals surface area contributed by atoms with Crippen molar-refractivity contribution >= 4 is 49.3 Å². The molecule has 5 rings (SSSR count). The molecule has 2 heterocycles. The number of pyridine rings is 1. The van der Waals surface area contributed by atoms with Gasteiger partial charge in [0.15, 0.2) is 11.5 Å². The van der Waals surface area contributed by atoms with E-state index in [4.69, 9.17) is 14.5 Å². The number of fused-ring (bicyclic) bond motifs is 1. The molecule has 0 aliphatic heterocycles. The Bertz CT molecular complexity index is 1360. The van der Waals surface area contributed by atoms with Crippen LogP contribution in [0.2, 0.25) is 0 Å². The van der Waals surface area contributed by atoms with Crippen molar-refractivity contribution in [2.45, 2.75) is 38.1 Å². The van der Waals surface area contributed by atoms with Crippen LogP contribution in [-0.4, -0.2) is 28.5 Å². The van der Waals surface area contributed by atoms with Crippen molar-refractivity contribution < 1.29 is 14.3 Å². The van der Waals surface area contributed by atoms with Gasteiger partial charge >= 0.3 is 5.97 Å². The Labute approximate surface area is 220 Å². The maximum atomic E-state index is 12.7. The van der Waals surface area contributed by atoms with Gasteiger partial charge in [-0.2, -0.15) is 0 Å². The summed E-state index contributed by atoms with van der Waals surface area (Å²) in [5, 5.41) is 3.76. The van der Waals surface area contributed by atoms with E-state index in [1.165, 1.54) is 19.3 Å². The highest BCUT2D eigenvalue weighted by Crippen LogP contribution is 2.37. The zero-order valence-electron chi connectivity index (χ0n) is 19.3. The summed E-state index contributed by atoms with van der Waals surface area (Å²) in [6.45, 7) is 0. The Morgan fingerprint density at radius 1 is 0.971 bits per heavy atom. The highest BCUT2D eigenvalue weighted by Gasteiger charge is 2.21. The van der Waals surface area contributed by atoms with Gasteiger partial charge in [0.25, 0.3) is 0 Å². The second-order valence-corrected chi connectivity index (χ2v) is 10.5. The van der Waals surface area contributed by atoms with Crippen molar-refractivity contribution in [3.05, 3.63) is 75.3 Å². The Balaban J connectivity index is 1.49. The fourth-order valence-corrected chi connectivity index (χ4v) is 5.04. The number of imidazole rings is 1. The van der Waals surface area contributed by atoms with E-state index in [-0.39, 0.29) is 0 Å². The van der Waals surface area contributed by atoms with Crippen LogP contribution in [0.15, 0.2) is 69.7 Å². The normalized spacial score (nSPS) is 14.1. The number of rotatable bonds is 6. The molecule has 0 unspecified atom stereocenters. The van der Waals surface area contributed by atoms with Crippen LogP contribution in [0.1, 0.15) is 42.5 Å². The van der Waals surface area contributed by atoms with Gasteiger partial charge in [-0.1, -0.05) is 35.2 Å². The molecule has 1 aliphatic rings. The molecule has 180 valence electrons. The van der Waals surface area contributed by atoms with Crippen molar-refractivity contribution in [2.24, 2.45) is 0 Å². The zero-order chi connectivity index (χ0) is 24.4. The van der Waals surface area contributed by atoms with Gasteiger partial charge in [0, 0.05) is 26.7 Å². The van der Waals surface area contributed by atoms with Crippen LogP contribution in [0.25, 0.3) is 16.9 Å². The number of ether oxygens (including phenoxy) is 2. The van der Waals surface area contributed by atoms with Crippen LogP contribution in [0.3, 0.4) is 0 Å². The summed E-state index contributed by atoms with van der Waals surface area (Å²) < 4.78 is 15.2. The maximum Gasteiger partial charge on any atom is 0.343 e. The molecule has 0 saturated heterocycles. The van der Waals surface area contributed by atoms with E-state index in [0.29, 0.717) is 23.1 Å². The zero-order valence-corrected chi connectivity index (χ0v) is 22.4. The Morgan fingerprint density at radius 2 is 1.71 bits per heavy atom. The number of benzene rings is 2. The average Bonchev–Trinajstić information content (AvgIpc) is 3.22. The largest absolute Gasteiger partial charge is 0.493 e. The molecule has 1 fully saturated rings. The minimum absolute atomic E-state index is 0.359. The van der Waals surface area contributed by atoms with Crippen LogP contribution in [0, 0.1) is 0 Å².